The number of methoxy groups -OCH3 is 1. The van der Waals surface area contributed by atoms with Gasteiger partial charge in [-0.15, -0.1) is 0 Å². The number of hydrogen-bond acceptors (Lipinski definition) is 2. The fraction of sp³-hybridized carbons (Fsp3) is 0.538. The van der Waals surface area contributed by atoms with Gasteiger partial charge in [0, 0.05) is 0 Å². The summed E-state index contributed by atoms with van der Waals surface area (Å²) < 4.78 is 18.9. The first kappa shape index (κ1) is 11.2. The van der Waals surface area contributed by atoms with Crippen LogP contribution in [0.25, 0.3) is 0 Å². The van der Waals surface area contributed by atoms with Gasteiger partial charge in [0.1, 0.15) is 11.9 Å². The number of nitrogens with one attached hydrogen (secondary N) is 1. The van der Waals surface area contributed by atoms with E-state index >= 15 is 0 Å². The molecule has 2 atom stereocenters. The van der Waals surface area contributed by atoms with E-state index in [2.05, 4.69) is 5.32 Å². The highest BCUT2D eigenvalue weighted by molar-refractivity contribution is 5.56. The van der Waals surface area contributed by atoms with Crippen molar-refractivity contribution in [3.63, 3.8) is 0 Å². The van der Waals surface area contributed by atoms with Crippen LogP contribution in [0.5, 0.6) is 5.75 Å². The second kappa shape index (κ2) is 5.19. The fourth-order valence-corrected chi connectivity index (χ4v) is 2.21. The van der Waals surface area contributed by atoms with E-state index in [0.29, 0.717) is 6.42 Å². The quantitative estimate of drug-likeness (QED) is 0.848. The Morgan fingerprint density at radius 1 is 1.25 bits per heavy atom. The Morgan fingerprint density at radius 2 is 2.00 bits per heavy atom. The largest absolute Gasteiger partial charge is 0.495 e. The van der Waals surface area contributed by atoms with E-state index in [4.69, 9.17) is 4.74 Å². The molecular weight excluding hydrogens is 205 g/mol. The van der Waals surface area contributed by atoms with Gasteiger partial charge in [-0.05, 0) is 25.0 Å². The molecule has 1 aromatic rings. The van der Waals surface area contributed by atoms with Crippen LogP contribution in [-0.2, 0) is 0 Å². The molecule has 0 bridgehead atoms. The fourth-order valence-electron chi connectivity index (χ4n) is 2.21. The minimum Gasteiger partial charge on any atom is -0.495 e. The molecule has 1 saturated carbocycles. The van der Waals surface area contributed by atoms with Crippen LogP contribution in [0.1, 0.15) is 25.7 Å². The van der Waals surface area contributed by atoms with Gasteiger partial charge in [-0.1, -0.05) is 25.0 Å². The van der Waals surface area contributed by atoms with Gasteiger partial charge in [-0.25, -0.2) is 4.39 Å². The smallest absolute Gasteiger partial charge is 0.141 e. The summed E-state index contributed by atoms with van der Waals surface area (Å²) in [6.45, 7) is 0. The first-order valence-electron chi connectivity index (χ1n) is 5.85. The van der Waals surface area contributed by atoms with Crippen LogP contribution in [0.4, 0.5) is 10.1 Å². The van der Waals surface area contributed by atoms with Crippen molar-refractivity contribution in [2.24, 2.45) is 0 Å². The van der Waals surface area contributed by atoms with Gasteiger partial charge in [-0.2, -0.15) is 0 Å². The van der Waals surface area contributed by atoms with Gasteiger partial charge in [0.25, 0.3) is 0 Å². The number of rotatable bonds is 3. The number of alkyl halides is 1. The number of anilines is 1. The molecule has 1 fully saturated rings. The Labute approximate surface area is 95.8 Å². The van der Waals surface area contributed by atoms with Crippen molar-refractivity contribution in [1.82, 2.24) is 0 Å². The highest BCUT2D eigenvalue weighted by atomic mass is 19.1. The minimum absolute atomic E-state index is 0.0648. The number of ether oxygens (including phenoxy) is 1. The highest BCUT2D eigenvalue weighted by Crippen LogP contribution is 2.29. The van der Waals surface area contributed by atoms with E-state index < -0.39 is 6.17 Å². The normalized spacial score (nSPS) is 25.1. The molecule has 1 N–H and O–H groups in total. The molecule has 0 aliphatic heterocycles. The predicted octanol–water partition coefficient (Wildman–Crippen LogP) is 3.39. The Morgan fingerprint density at radius 3 is 2.75 bits per heavy atom. The zero-order valence-corrected chi connectivity index (χ0v) is 9.58. The summed E-state index contributed by atoms with van der Waals surface area (Å²) in [5.74, 6) is 0.778. The van der Waals surface area contributed by atoms with Crippen molar-refractivity contribution in [3.8, 4) is 5.75 Å². The van der Waals surface area contributed by atoms with Crippen LogP contribution in [0.2, 0.25) is 0 Å². The summed E-state index contributed by atoms with van der Waals surface area (Å²) in [5.41, 5.74) is 0.888. The predicted molar refractivity (Wildman–Crippen MR) is 63.8 cm³/mol. The molecule has 0 radical (unpaired) electrons. The summed E-state index contributed by atoms with van der Waals surface area (Å²) in [7, 11) is 1.63. The van der Waals surface area contributed by atoms with E-state index in [0.717, 1.165) is 30.7 Å². The Bertz CT molecular complexity index is 342. The monoisotopic (exact) mass is 223 g/mol. The maximum Gasteiger partial charge on any atom is 0.141 e. The molecule has 1 aliphatic carbocycles. The molecule has 3 heteroatoms. The van der Waals surface area contributed by atoms with E-state index in [1.165, 1.54) is 0 Å². The van der Waals surface area contributed by atoms with Gasteiger partial charge < -0.3 is 10.1 Å². The van der Waals surface area contributed by atoms with Crippen molar-refractivity contribution in [2.45, 2.75) is 37.9 Å². The lowest BCUT2D eigenvalue weighted by molar-refractivity contribution is 0.229. The molecule has 2 nitrogen and oxygen atoms in total. The van der Waals surface area contributed by atoms with Crippen molar-refractivity contribution in [2.75, 3.05) is 12.4 Å². The second-order valence-corrected chi connectivity index (χ2v) is 4.25. The van der Waals surface area contributed by atoms with Crippen molar-refractivity contribution < 1.29 is 9.13 Å². The summed E-state index contributed by atoms with van der Waals surface area (Å²) >= 11 is 0. The first-order chi connectivity index (χ1) is 7.81. The number of halogens is 1. The molecule has 0 aromatic heterocycles. The third kappa shape index (κ3) is 2.46. The van der Waals surface area contributed by atoms with Gasteiger partial charge in [0.2, 0.25) is 0 Å². The maximum atomic E-state index is 13.7. The van der Waals surface area contributed by atoms with Crippen molar-refractivity contribution in [1.29, 1.82) is 0 Å². The van der Waals surface area contributed by atoms with Crippen LogP contribution in [-0.4, -0.2) is 19.3 Å². The molecule has 0 spiro atoms. The average molecular weight is 223 g/mol. The molecule has 0 saturated heterocycles. The molecule has 1 aromatic carbocycles. The number of hydrogen-bond donors (Lipinski definition) is 1. The summed E-state index contributed by atoms with van der Waals surface area (Å²) in [4.78, 5) is 0. The molecule has 1 aliphatic rings. The molecular formula is C13H18FNO. The SMILES string of the molecule is COc1ccccc1N[C@H]1CCCC[C@@H]1F. The van der Waals surface area contributed by atoms with Crippen LogP contribution >= 0.6 is 0 Å². The maximum absolute atomic E-state index is 13.7. The van der Waals surface area contributed by atoms with Gasteiger partial charge in [0.05, 0.1) is 18.8 Å². The summed E-state index contributed by atoms with van der Waals surface area (Å²) in [6, 6.07) is 7.60. The standard InChI is InChI=1S/C13H18FNO/c1-16-13-9-5-4-8-12(13)15-11-7-3-2-6-10(11)14/h4-5,8-11,15H,2-3,6-7H2,1H3/t10-,11-/m0/s1. The lowest BCUT2D eigenvalue weighted by Gasteiger charge is -2.28. The second-order valence-electron chi connectivity index (χ2n) is 4.25. The molecule has 0 heterocycles. The third-order valence-electron chi connectivity index (χ3n) is 3.13. The molecule has 0 unspecified atom stereocenters. The van der Waals surface area contributed by atoms with Crippen molar-refractivity contribution in [3.05, 3.63) is 24.3 Å². The van der Waals surface area contributed by atoms with E-state index in [1.807, 2.05) is 24.3 Å². The number of para-hydroxylation sites is 2. The summed E-state index contributed by atoms with van der Waals surface area (Å²) in [6.07, 6.45) is 2.95. The topological polar surface area (TPSA) is 21.3 Å². The van der Waals surface area contributed by atoms with Crippen molar-refractivity contribution >= 4 is 5.69 Å². The molecule has 16 heavy (non-hydrogen) atoms. The minimum atomic E-state index is -0.737. The van der Waals surface area contributed by atoms with Gasteiger partial charge in [-0.3, -0.25) is 0 Å². The van der Waals surface area contributed by atoms with Gasteiger partial charge >= 0.3 is 0 Å². The number of benzene rings is 1. The van der Waals surface area contributed by atoms with E-state index in [-0.39, 0.29) is 6.04 Å². The Kier molecular flexibility index (Phi) is 3.65. The van der Waals surface area contributed by atoms with Gasteiger partial charge in [0.15, 0.2) is 0 Å². The first-order valence-corrected chi connectivity index (χ1v) is 5.85. The van der Waals surface area contributed by atoms with Crippen LogP contribution in [0.3, 0.4) is 0 Å². The molecule has 2 rings (SSSR count). The molecule has 0 amide bonds. The molecule has 88 valence electrons. The zero-order valence-electron chi connectivity index (χ0n) is 9.58. The Balaban J connectivity index is 2.07. The third-order valence-corrected chi connectivity index (χ3v) is 3.13. The van der Waals surface area contributed by atoms with E-state index in [1.54, 1.807) is 7.11 Å². The highest BCUT2D eigenvalue weighted by Gasteiger charge is 2.24. The van der Waals surface area contributed by atoms with E-state index in [9.17, 15) is 4.39 Å². The lowest BCUT2D eigenvalue weighted by Crippen LogP contribution is -2.33. The van der Waals surface area contributed by atoms with Crippen LogP contribution < -0.4 is 10.1 Å². The average Bonchev–Trinajstić information content (AvgIpc) is 2.33. The Hall–Kier alpha value is -1.25. The summed E-state index contributed by atoms with van der Waals surface area (Å²) in [5, 5.41) is 3.25. The van der Waals surface area contributed by atoms with Crippen LogP contribution in [0.15, 0.2) is 24.3 Å². The lowest BCUT2D eigenvalue weighted by atomic mass is 9.93. The van der Waals surface area contributed by atoms with Crippen LogP contribution in [0, 0.1) is 0 Å². The zero-order chi connectivity index (χ0) is 11.4.